The lowest BCUT2D eigenvalue weighted by Gasteiger charge is -2.25. The highest BCUT2D eigenvalue weighted by Gasteiger charge is 2.25. The molecule has 0 aliphatic carbocycles. The molecule has 0 aromatic rings. The fourth-order valence-corrected chi connectivity index (χ4v) is 9.74. The average Bonchev–Trinajstić information content (AvgIpc) is 3.44. The molecule has 0 saturated carbocycles. The van der Waals surface area contributed by atoms with Gasteiger partial charge in [0.1, 0.15) is 13.2 Å². The molecule has 0 aromatic carbocycles. The Balaban J connectivity index is 3.97. The van der Waals surface area contributed by atoms with Crippen LogP contribution in [-0.2, 0) is 33.3 Å². The Labute approximate surface area is 500 Å². The maximum Gasteiger partial charge on any atom is 0.361 e. The van der Waals surface area contributed by atoms with Crippen LogP contribution in [-0.4, -0.2) is 87.4 Å². The molecule has 9 nitrogen and oxygen atoms in total. The van der Waals surface area contributed by atoms with Gasteiger partial charge in [0.15, 0.2) is 6.10 Å². The van der Waals surface area contributed by atoms with E-state index in [9.17, 15) is 19.5 Å². The van der Waals surface area contributed by atoms with E-state index in [4.69, 9.17) is 18.9 Å². The Kier molecular flexibility index (Phi) is 60.2. The van der Waals surface area contributed by atoms with Crippen molar-refractivity contribution in [3.63, 3.8) is 0 Å². The molecule has 0 spiro atoms. The molecular weight excluding hydrogens is 1010 g/mol. The van der Waals surface area contributed by atoms with Crippen LogP contribution in [0.25, 0.3) is 0 Å². The molecule has 0 bridgehead atoms. The number of quaternary nitrogens is 1. The van der Waals surface area contributed by atoms with Crippen LogP contribution in [0.1, 0.15) is 309 Å². The number of hydrogen-bond donors (Lipinski definition) is 1. The lowest BCUT2D eigenvalue weighted by molar-refractivity contribution is -0.870. The number of unbranched alkanes of at least 4 members (excludes halogenated alkanes) is 36. The minimum Gasteiger partial charge on any atom is -0.477 e. The molecule has 81 heavy (non-hydrogen) atoms. The zero-order valence-electron chi connectivity index (χ0n) is 53.7. The lowest BCUT2D eigenvalue weighted by atomic mass is 10.0. The molecule has 470 valence electrons. The molecule has 0 aromatic heterocycles. The van der Waals surface area contributed by atoms with Crippen molar-refractivity contribution in [2.24, 2.45) is 0 Å². The number of rotatable bonds is 63. The topological polar surface area (TPSA) is 108 Å². The van der Waals surface area contributed by atoms with E-state index in [1.165, 1.54) is 199 Å². The van der Waals surface area contributed by atoms with Crippen LogP contribution in [0.2, 0.25) is 0 Å². The van der Waals surface area contributed by atoms with Crippen molar-refractivity contribution in [3.05, 3.63) is 72.9 Å². The molecule has 0 aliphatic heterocycles. The number of hydrogen-bond acceptors (Lipinski definition) is 7. The normalized spacial score (nSPS) is 13.1. The van der Waals surface area contributed by atoms with Crippen molar-refractivity contribution in [1.29, 1.82) is 0 Å². The molecule has 9 heteroatoms. The van der Waals surface area contributed by atoms with E-state index in [1.54, 1.807) is 0 Å². The largest absolute Gasteiger partial charge is 0.477 e. The smallest absolute Gasteiger partial charge is 0.361 e. The fraction of sp³-hybridized carbons (Fsp3) is 0.792. The van der Waals surface area contributed by atoms with Crippen LogP contribution >= 0.6 is 0 Å². The number of aliphatic carboxylic acids is 1. The Morgan fingerprint density at radius 1 is 0.383 bits per heavy atom. The quantitative estimate of drug-likeness (QED) is 0.0211. The van der Waals surface area contributed by atoms with Gasteiger partial charge in [-0.3, -0.25) is 9.59 Å². The van der Waals surface area contributed by atoms with Gasteiger partial charge in [-0.15, -0.1) is 0 Å². The number of allylic oxidation sites excluding steroid dienone is 12. The van der Waals surface area contributed by atoms with Gasteiger partial charge in [-0.25, -0.2) is 4.79 Å². The number of carbonyl (C=O) groups is 3. The Morgan fingerprint density at radius 3 is 1.05 bits per heavy atom. The van der Waals surface area contributed by atoms with E-state index in [2.05, 4.69) is 86.8 Å². The molecule has 0 saturated heterocycles. The molecule has 2 unspecified atom stereocenters. The van der Waals surface area contributed by atoms with Crippen molar-refractivity contribution in [2.75, 3.05) is 47.5 Å². The molecule has 0 radical (unpaired) electrons. The summed E-state index contributed by atoms with van der Waals surface area (Å²) in [5.74, 6) is -2.00. The van der Waals surface area contributed by atoms with Crippen LogP contribution in [0.15, 0.2) is 72.9 Å². The third kappa shape index (κ3) is 64.1. The summed E-state index contributed by atoms with van der Waals surface area (Å²) in [6.45, 7) is 4.76. The van der Waals surface area contributed by atoms with Crippen LogP contribution in [0.5, 0.6) is 0 Å². The summed E-state index contributed by atoms with van der Waals surface area (Å²) in [6, 6.07) is 0. The van der Waals surface area contributed by atoms with Gasteiger partial charge in [0, 0.05) is 12.8 Å². The molecule has 0 fully saturated rings. The molecule has 0 heterocycles. The van der Waals surface area contributed by atoms with Crippen LogP contribution in [0.4, 0.5) is 0 Å². The SMILES string of the molecule is CC/C=C\C/C=C\C/C=C\C/C=C\CCCCCCCCCCCCCCCCCCCCCCCCCCCCC(=O)OC(COC(=O)CCCCCCCCC/C=C\C/C=C\CCCCC)COC(OCC[N+](C)(C)C)C(=O)O. The second-order valence-corrected chi connectivity index (χ2v) is 24.1. The Bertz CT molecular complexity index is 1560. The Morgan fingerprint density at radius 2 is 0.704 bits per heavy atom. The summed E-state index contributed by atoms with van der Waals surface area (Å²) in [5, 5.41) is 9.72. The summed E-state index contributed by atoms with van der Waals surface area (Å²) in [4.78, 5) is 37.5. The zero-order valence-corrected chi connectivity index (χ0v) is 53.7. The van der Waals surface area contributed by atoms with Gasteiger partial charge in [0.25, 0.3) is 6.29 Å². The van der Waals surface area contributed by atoms with E-state index in [1.807, 2.05) is 21.1 Å². The summed E-state index contributed by atoms with van der Waals surface area (Å²) in [5.41, 5.74) is 0. The van der Waals surface area contributed by atoms with Crippen molar-refractivity contribution in [1.82, 2.24) is 0 Å². The summed E-state index contributed by atoms with van der Waals surface area (Å²) >= 11 is 0. The number of nitrogens with zero attached hydrogens (tertiary/aromatic N) is 1. The highest BCUT2D eigenvalue weighted by atomic mass is 16.7. The number of esters is 2. The maximum absolute atomic E-state index is 12.9. The molecule has 0 aliphatic rings. The standard InChI is InChI=1S/C72H129NO8/c1-6-8-10-12-14-16-18-20-22-24-25-26-27-28-29-30-31-32-33-34-35-36-37-38-39-40-41-42-43-44-45-47-49-51-53-55-57-59-61-63-70(75)81-68(67-80-72(71(76)77)78-65-64-73(3,4)5)66-79-69(74)62-60-58-56-54-52-50-48-46-23-21-19-17-15-13-11-9-7-2/h8,10,14-17,20-23,25-26,68,72H,6-7,9,11-13,18-19,24,27-67H2,1-5H3/p+1/b10-8-,16-14-,17-15-,22-20-,23-21-,26-25-. The average molecular weight is 1140 g/mol. The predicted molar refractivity (Wildman–Crippen MR) is 346 cm³/mol. The third-order valence-corrected chi connectivity index (χ3v) is 14.9. The molecular formula is C72H130NO8+. The highest BCUT2D eigenvalue weighted by Crippen LogP contribution is 2.18. The highest BCUT2D eigenvalue weighted by molar-refractivity contribution is 5.71. The summed E-state index contributed by atoms with van der Waals surface area (Å²) < 4.78 is 22.9. The molecule has 1 N–H and O–H groups in total. The summed E-state index contributed by atoms with van der Waals surface area (Å²) in [6.07, 6.45) is 80.3. The number of ether oxygens (including phenoxy) is 4. The van der Waals surface area contributed by atoms with Gasteiger partial charge in [0.05, 0.1) is 34.4 Å². The predicted octanol–water partition coefficient (Wildman–Crippen LogP) is 20.9. The zero-order chi connectivity index (χ0) is 59.1. The molecule has 2 atom stereocenters. The summed E-state index contributed by atoms with van der Waals surface area (Å²) in [7, 11) is 5.98. The fourth-order valence-electron chi connectivity index (χ4n) is 9.74. The van der Waals surface area contributed by atoms with Crippen molar-refractivity contribution in [3.8, 4) is 0 Å². The minimum atomic E-state index is -1.51. The van der Waals surface area contributed by atoms with Crippen LogP contribution in [0.3, 0.4) is 0 Å². The van der Waals surface area contributed by atoms with Gasteiger partial charge < -0.3 is 28.5 Å². The second kappa shape index (κ2) is 62.8. The van der Waals surface area contributed by atoms with E-state index in [-0.39, 0.29) is 32.2 Å². The van der Waals surface area contributed by atoms with E-state index >= 15 is 0 Å². The van der Waals surface area contributed by atoms with Crippen LogP contribution < -0.4 is 0 Å². The number of carboxylic acid groups (broad SMARTS) is 1. The first-order valence-electron chi connectivity index (χ1n) is 34.1. The first-order valence-corrected chi connectivity index (χ1v) is 34.1. The van der Waals surface area contributed by atoms with Gasteiger partial charge in [-0.2, -0.15) is 0 Å². The minimum absolute atomic E-state index is 0.184. The maximum atomic E-state index is 12.9. The van der Waals surface area contributed by atoms with Crippen LogP contribution in [0, 0.1) is 0 Å². The third-order valence-electron chi connectivity index (χ3n) is 14.9. The van der Waals surface area contributed by atoms with Crippen molar-refractivity contribution in [2.45, 2.75) is 322 Å². The van der Waals surface area contributed by atoms with Gasteiger partial charge in [-0.05, 0) is 83.5 Å². The number of carbonyl (C=O) groups excluding carboxylic acids is 2. The number of carboxylic acids is 1. The molecule has 0 rings (SSSR count). The monoisotopic (exact) mass is 1140 g/mol. The van der Waals surface area contributed by atoms with Gasteiger partial charge in [-0.1, -0.05) is 286 Å². The molecule has 0 amide bonds. The van der Waals surface area contributed by atoms with E-state index in [0.29, 0.717) is 17.4 Å². The first-order chi connectivity index (χ1) is 39.6. The number of likely N-dealkylation sites (N-methyl/N-ethyl adjacent to an activating group) is 1. The van der Waals surface area contributed by atoms with Crippen molar-refractivity contribution >= 4 is 17.9 Å². The van der Waals surface area contributed by atoms with E-state index < -0.39 is 24.3 Å². The lowest BCUT2D eigenvalue weighted by Crippen LogP contribution is -2.40. The van der Waals surface area contributed by atoms with Gasteiger partial charge in [0.2, 0.25) is 0 Å². The van der Waals surface area contributed by atoms with E-state index in [0.717, 1.165) is 83.5 Å². The Hall–Kier alpha value is -3.27. The van der Waals surface area contributed by atoms with Crippen molar-refractivity contribution < 1.29 is 42.9 Å². The second-order valence-electron chi connectivity index (χ2n) is 24.1. The van der Waals surface area contributed by atoms with Gasteiger partial charge >= 0.3 is 17.9 Å². The first kappa shape index (κ1) is 77.7.